The van der Waals surface area contributed by atoms with Crippen LogP contribution in [0.2, 0.25) is 0 Å². The number of unbranched alkanes of at least 4 members (excludes halogenated alkanes) is 4. The van der Waals surface area contributed by atoms with Crippen LogP contribution in [0.25, 0.3) is 0 Å². The van der Waals surface area contributed by atoms with E-state index in [9.17, 15) is 0 Å². The van der Waals surface area contributed by atoms with Crippen LogP contribution in [0.4, 0.5) is 0 Å². The topological polar surface area (TPSA) is 9.23 Å². The van der Waals surface area contributed by atoms with Crippen molar-refractivity contribution in [3.63, 3.8) is 0 Å². The molecular formula is C17H26O. The van der Waals surface area contributed by atoms with Crippen LogP contribution in [0.3, 0.4) is 0 Å². The molecule has 0 saturated heterocycles. The fraction of sp³-hybridized carbons (Fsp3) is 0.529. The molecule has 0 aliphatic carbocycles. The third-order valence-corrected chi connectivity index (χ3v) is 3.00. The molecule has 0 spiro atoms. The zero-order valence-electron chi connectivity index (χ0n) is 11.7. The normalized spacial score (nSPS) is 10.5. The lowest BCUT2D eigenvalue weighted by molar-refractivity contribution is 0.116. The monoisotopic (exact) mass is 246 g/mol. The van der Waals surface area contributed by atoms with E-state index in [1.54, 1.807) is 0 Å². The van der Waals surface area contributed by atoms with E-state index in [-0.39, 0.29) is 0 Å². The molecular weight excluding hydrogens is 220 g/mol. The van der Waals surface area contributed by atoms with E-state index in [0.717, 1.165) is 13.2 Å². The maximum absolute atomic E-state index is 5.65. The molecule has 1 nitrogen and oxygen atoms in total. The van der Waals surface area contributed by atoms with Crippen LogP contribution in [0, 0.1) is 0 Å². The Morgan fingerprint density at radius 3 is 2.39 bits per heavy atom. The van der Waals surface area contributed by atoms with Crippen molar-refractivity contribution < 1.29 is 4.74 Å². The quantitative estimate of drug-likeness (QED) is 0.411. The van der Waals surface area contributed by atoms with Gasteiger partial charge in [0.05, 0.1) is 6.61 Å². The van der Waals surface area contributed by atoms with Crippen LogP contribution >= 0.6 is 0 Å². The minimum Gasteiger partial charge on any atom is -0.377 e. The highest BCUT2D eigenvalue weighted by molar-refractivity contribution is 5.13. The van der Waals surface area contributed by atoms with Crippen molar-refractivity contribution >= 4 is 0 Å². The van der Waals surface area contributed by atoms with Gasteiger partial charge in [0.15, 0.2) is 0 Å². The molecule has 0 aliphatic heterocycles. The van der Waals surface area contributed by atoms with Crippen LogP contribution in [-0.2, 0) is 11.3 Å². The Morgan fingerprint density at radius 2 is 1.67 bits per heavy atom. The molecule has 1 heteroatoms. The van der Waals surface area contributed by atoms with Gasteiger partial charge in [-0.25, -0.2) is 0 Å². The standard InChI is InChI=1S/C17H26O/c1-16(2)11-7-4-3-5-10-14-18-15-17-12-8-6-9-13-17/h6,8-9,12-13H,1,3-5,7,10-11,14-15H2,2H3. The van der Waals surface area contributed by atoms with Gasteiger partial charge in [-0.1, -0.05) is 55.2 Å². The first kappa shape index (κ1) is 15.0. The maximum atomic E-state index is 5.65. The van der Waals surface area contributed by atoms with E-state index in [2.05, 4.69) is 37.8 Å². The molecule has 1 aromatic rings. The second-order valence-corrected chi connectivity index (χ2v) is 5.01. The predicted octanol–water partition coefficient (Wildman–Crippen LogP) is 5.12. The van der Waals surface area contributed by atoms with Crippen molar-refractivity contribution in [2.75, 3.05) is 6.61 Å². The van der Waals surface area contributed by atoms with Gasteiger partial charge >= 0.3 is 0 Å². The Balaban J connectivity index is 1.86. The van der Waals surface area contributed by atoms with Crippen molar-refractivity contribution in [2.45, 2.75) is 52.1 Å². The molecule has 0 heterocycles. The number of hydrogen-bond donors (Lipinski definition) is 0. The maximum Gasteiger partial charge on any atom is 0.0716 e. The average Bonchev–Trinajstić information content (AvgIpc) is 2.37. The van der Waals surface area contributed by atoms with Gasteiger partial charge in [0.2, 0.25) is 0 Å². The largest absolute Gasteiger partial charge is 0.377 e. The molecule has 0 amide bonds. The lowest BCUT2D eigenvalue weighted by Crippen LogP contribution is -1.95. The zero-order valence-corrected chi connectivity index (χ0v) is 11.7. The Labute approximate surface area is 112 Å². The van der Waals surface area contributed by atoms with E-state index in [4.69, 9.17) is 4.74 Å². The molecule has 0 fully saturated rings. The Morgan fingerprint density at radius 1 is 1.00 bits per heavy atom. The van der Waals surface area contributed by atoms with Gasteiger partial charge in [0.1, 0.15) is 0 Å². The molecule has 18 heavy (non-hydrogen) atoms. The highest BCUT2D eigenvalue weighted by Crippen LogP contribution is 2.09. The zero-order chi connectivity index (χ0) is 13.1. The summed E-state index contributed by atoms with van der Waals surface area (Å²) < 4.78 is 5.65. The second kappa shape index (κ2) is 9.90. The predicted molar refractivity (Wildman–Crippen MR) is 78.6 cm³/mol. The van der Waals surface area contributed by atoms with Crippen molar-refractivity contribution in [3.05, 3.63) is 48.0 Å². The van der Waals surface area contributed by atoms with Crippen molar-refractivity contribution in [1.29, 1.82) is 0 Å². The van der Waals surface area contributed by atoms with Crippen molar-refractivity contribution in [2.24, 2.45) is 0 Å². The molecule has 1 aromatic carbocycles. The van der Waals surface area contributed by atoms with Gasteiger partial charge in [-0.05, 0) is 31.7 Å². The summed E-state index contributed by atoms with van der Waals surface area (Å²) in [4.78, 5) is 0. The van der Waals surface area contributed by atoms with Gasteiger partial charge in [-0.15, -0.1) is 6.58 Å². The summed E-state index contributed by atoms with van der Waals surface area (Å²) in [5.41, 5.74) is 2.57. The number of benzene rings is 1. The molecule has 0 aromatic heterocycles. The third kappa shape index (κ3) is 8.08. The van der Waals surface area contributed by atoms with E-state index in [0.29, 0.717) is 0 Å². The minimum absolute atomic E-state index is 0.747. The smallest absolute Gasteiger partial charge is 0.0716 e. The van der Waals surface area contributed by atoms with Crippen molar-refractivity contribution in [1.82, 2.24) is 0 Å². The van der Waals surface area contributed by atoms with E-state index in [1.807, 2.05) is 6.07 Å². The van der Waals surface area contributed by atoms with Crippen molar-refractivity contribution in [3.8, 4) is 0 Å². The summed E-state index contributed by atoms with van der Waals surface area (Å²) in [6.07, 6.45) is 7.59. The average molecular weight is 246 g/mol. The van der Waals surface area contributed by atoms with Gasteiger partial charge < -0.3 is 4.74 Å². The van der Waals surface area contributed by atoms with E-state index in [1.165, 1.54) is 49.7 Å². The first-order chi connectivity index (χ1) is 8.79. The summed E-state index contributed by atoms with van der Waals surface area (Å²) in [6.45, 7) is 7.66. The van der Waals surface area contributed by atoms with Crippen LogP contribution in [0.1, 0.15) is 51.0 Å². The first-order valence-electron chi connectivity index (χ1n) is 7.05. The fourth-order valence-corrected chi connectivity index (χ4v) is 1.93. The lowest BCUT2D eigenvalue weighted by atomic mass is 10.1. The van der Waals surface area contributed by atoms with Crippen LogP contribution in [0.5, 0.6) is 0 Å². The Hall–Kier alpha value is -1.08. The molecule has 100 valence electrons. The molecule has 0 aliphatic rings. The number of allylic oxidation sites excluding steroid dienone is 1. The Kier molecular flexibility index (Phi) is 8.24. The Bertz CT molecular complexity index is 316. The van der Waals surface area contributed by atoms with Crippen LogP contribution in [-0.4, -0.2) is 6.61 Å². The lowest BCUT2D eigenvalue weighted by Gasteiger charge is -2.04. The summed E-state index contributed by atoms with van der Waals surface area (Å²) in [5.74, 6) is 0. The summed E-state index contributed by atoms with van der Waals surface area (Å²) in [7, 11) is 0. The summed E-state index contributed by atoms with van der Waals surface area (Å²) in [6, 6.07) is 10.4. The highest BCUT2D eigenvalue weighted by atomic mass is 16.5. The first-order valence-corrected chi connectivity index (χ1v) is 7.05. The van der Waals surface area contributed by atoms with Gasteiger partial charge in [-0.2, -0.15) is 0 Å². The van der Waals surface area contributed by atoms with E-state index < -0.39 is 0 Å². The SMILES string of the molecule is C=C(C)CCCCCCCOCc1ccccc1. The minimum atomic E-state index is 0.747. The van der Waals surface area contributed by atoms with Gasteiger partial charge in [0, 0.05) is 6.61 Å². The van der Waals surface area contributed by atoms with Crippen LogP contribution < -0.4 is 0 Å². The molecule has 0 saturated carbocycles. The number of hydrogen-bond acceptors (Lipinski definition) is 1. The van der Waals surface area contributed by atoms with E-state index >= 15 is 0 Å². The number of ether oxygens (including phenoxy) is 1. The summed E-state index contributed by atoms with van der Waals surface area (Å²) >= 11 is 0. The highest BCUT2D eigenvalue weighted by Gasteiger charge is 1.94. The molecule has 1 rings (SSSR count). The molecule has 0 unspecified atom stereocenters. The van der Waals surface area contributed by atoms with Crippen LogP contribution in [0.15, 0.2) is 42.5 Å². The second-order valence-electron chi connectivity index (χ2n) is 5.01. The fourth-order valence-electron chi connectivity index (χ4n) is 1.93. The molecule has 0 atom stereocenters. The molecule has 0 radical (unpaired) electrons. The van der Waals surface area contributed by atoms with Gasteiger partial charge in [-0.3, -0.25) is 0 Å². The number of rotatable bonds is 10. The summed E-state index contributed by atoms with van der Waals surface area (Å²) in [5, 5.41) is 0. The van der Waals surface area contributed by atoms with Gasteiger partial charge in [0.25, 0.3) is 0 Å². The third-order valence-electron chi connectivity index (χ3n) is 3.00. The molecule has 0 bridgehead atoms. The molecule has 0 N–H and O–H groups in total.